The second-order valence-electron chi connectivity index (χ2n) is 7.12. The van der Waals surface area contributed by atoms with E-state index in [0.717, 1.165) is 12.8 Å². The van der Waals surface area contributed by atoms with Crippen LogP contribution in [0.25, 0.3) is 0 Å². The number of amides is 2. The number of nitrogens with one attached hydrogen (secondary N) is 1. The van der Waals surface area contributed by atoms with E-state index in [1.807, 2.05) is 0 Å². The predicted octanol–water partition coefficient (Wildman–Crippen LogP) is 2.93. The molecule has 1 N–H and O–H groups in total. The Bertz CT molecular complexity index is 634. The lowest BCUT2D eigenvalue weighted by atomic mass is 9.88. The summed E-state index contributed by atoms with van der Waals surface area (Å²) in [5.41, 5.74) is -0.566. The van der Waals surface area contributed by atoms with Crippen LogP contribution in [0.3, 0.4) is 0 Å². The summed E-state index contributed by atoms with van der Waals surface area (Å²) in [5.74, 6) is 1.28. The van der Waals surface area contributed by atoms with E-state index in [1.165, 1.54) is 7.11 Å². The third kappa shape index (κ3) is 4.24. The lowest BCUT2D eigenvalue weighted by Crippen LogP contribution is -2.49. The van der Waals surface area contributed by atoms with Crippen molar-refractivity contribution < 1.29 is 19.1 Å². The molecule has 6 nitrogen and oxygen atoms in total. The highest BCUT2D eigenvalue weighted by molar-refractivity contribution is 6.09. The van der Waals surface area contributed by atoms with E-state index in [9.17, 15) is 9.59 Å². The number of methoxy groups -OCH3 is 2. The first-order chi connectivity index (χ1) is 11.8. The van der Waals surface area contributed by atoms with Gasteiger partial charge in [0.25, 0.3) is 0 Å². The van der Waals surface area contributed by atoms with Gasteiger partial charge < -0.3 is 19.7 Å². The van der Waals surface area contributed by atoms with Crippen LogP contribution in [0.2, 0.25) is 0 Å². The van der Waals surface area contributed by atoms with Gasteiger partial charge in [-0.1, -0.05) is 6.92 Å². The van der Waals surface area contributed by atoms with Gasteiger partial charge in [-0.25, -0.2) is 0 Å². The molecule has 25 heavy (non-hydrogen) atoms. The quantitative estimate of drug-likeness (QED) is 0.831. The highest BCUT2D eigenvalue weighted by atomic mass is 16.5. The molecule has 0 spiro atoms. The van der Waals surface area contributed by atoms with Crippen LogP contribution in [0.5, 0.6) is 11.5 Å². The van der Waals surface area contributed by atoms with Gasteiger partial charge in [-0.3, -0.25) is 9.59 Å². The van der Waals surface area contributed by atoms with Crippen LogP contribution in [0.15, 0.2) is 18.2 Å². The lowest BCUT2D eigenvalue weighted by molar-refractivity contribution is -0.147. The normalized spacial score (nSPS) is 15.6. The number of nitrogens with zero attached hydrogens (tertiary/aromatic N) is 1. The molecular formula is C19H28N2O4. The molecule has 2 rings (SSSR count). The fourth-order valence-corrected chi connectivity index (χ4v) is 2.91. The van der Waals surface area contributed by atoms with Gasteiger partial charge in [-0.05, 0) is 44.7 Å². The molecular weight excluding hydrogens is 320 g/mol. The van der Waals surface area contributed by atoms with Gasteiger partial charge in [0.2, 0.25) is 11.8 Å². The molecule has 0 aromatic heterocycles. The van der Waals surface area contributed by atoms with E-state index in [0.29, 0.717) is 36.2 Å². The average molecular weight is 348 g/mol. The molecule has 1 heterocycles. The van der Waals surface area contributed by atoms with Crippen molar-refractivity contribution in [2.45, 2.75) is 33.6 Å². The Morgan fingerprint density at radius 1 is 1.12 bits per heavy atom. The predicted molar refractivity (Wildman–Crippen MR) is 96.9 cm³/mol. The molecule has 0 bridgehead atoms. The molecule has 1 aromatic rings. The van der Waals surface area contributed by atoms with Crippen LogP contribution >= 0.6 is 0 Å². The fraction of sp³-hybridized carbons (Fsp3) is 0.579. The summed E-state index contributed by atoms with van der Waals surface area (Å²) in [5, 5.41) is 2.82. The van der Waals surface area contributed by atoms with Crippen molar-refractivity contribution in [3.63, 3.8) is 0 Å². The number of ether oxygens (including phenoxy) is 2. The summed E-state index contributed by atoms with van der Waals surface area (Å²) in [4.78, 5) is 27.3. The van der Waals surface area contributed by atoms with Crippen LogP contribution < -0.4 is 14.8 Å². The first kappa shape index (κ1) is 19.1. The Morgan fingerprint density at radius 3 is 2.28 bits per heavy atom. The summed E-state index contributed by atoms with van der Waals surface area (Å²) in [6.07, 6.45) is 1.97. The van der Waals surface area contributed by atoms with E-state index in [4.69, 9.17) is 9.47 Å². The van der Waals surface area contributed by atoms with Crippen LogP contribution in [0.4, 0.5) is 5.69 Å². The maximum absolute atomic E-state index is 12.8. The second kappa shape index (κ2) is 7.76. The van der Waals surface area contributed by atoms with E-state index in [2.05, 4.69) is 12.2 Å². The number of piperidine rings is 1. The molecule has 1 aromatic carbocycles. The molecule has 2 amide bonds. The van der Waals surface area contributed by atoms with Crippen molar-refractivity contribution in [2.75, 3.05) is 32.6 Å². The minimum Gasteiger partial charge on any atom is -0.493 e. The zero-order valence-electron chi connectivity index (χ0n) is 15.7. The van der Waals surface area contributed by atoms with Gasteiger partial charge in [-0.15, -0.1) is 0 Å². The standard InChI is InChI=1S/C19H28N2O4/c1-13-8-10-21(11-9-13)18(23)19(2,3)17(22)20-14-6-7-15(24-4)16(12-14)25-5/h6-7,12-13H,8-11H2,1-5H3,(H,20,22). The third-order valence-corrected chi connectivity index (χ3v) is 4.81. The van der Waals surface area contributed by atoms with Crippen LogP contribution in [-0.4, -0.2) is 44.0 Å². The number of anilines is 1. The zero-order chi connectivity index (χ0) is 18.6. The Balaban J connectivity index is 2.09. The highest BCUT2D eigenvalue weighted by Crippen LogP contribution is 2.31. The Hall–Kier alpha value is -2.24. The zero-order valence-corrected chi connectivity index (χ0v) is 15.7. The number of likely N-dealkylation sites (tertiary alicyclic amines) is 1. The summed E-state index contributed by atoms with van der Waals surface area (Å²) in [6.45, 7) is 6.96. The first-order valence-corrected chi connectivity index (χ1v) is 8.62. The van der Waals surface area contributed by atoms with E-state index in [-0.39, 0.29) is 11.8 Å². The molecule has 1 aliphatic heterocycles. The number of hydrogen-bond acceptors (Lipinski definition) is 4. The number of hydrogen-bond donors (Lipinski definition) is 1. The Labute approximate surface area is 149 Å². The largest absolute Gasteiger partial charge is 0.493 e. The Kier molecular flexibility index (Phi) is 5.93. The van der Waals surface area contributed by atoms with Crippen LogP contribution in [0.1, 0.15) is 33.6 Å². The van der Waals surface area contributed by atoms with Crippen molar-refractivity contribution in [1.29, 1.82) is 0 Å². The van der Waals surface area contributed by atoms with Gasteiger partial charge in [-0.2, -0.15) is 0 Å². The maximum Gasteiger partial charge on any atom is 0.239 e. The molecule has 1 saturated heterocycles. The topological polar surface area (TPSA) is 67.9 Å². The fourth-order valence-electron chi connectivity index (χ4n) is 2.91. The molecule has 1 aliphatic rings. The average Bonchev–Trinajstić information content (AvgIpc) is 2.61. The van der Waals surface area contributed by atoms with E-state index < -0.39 is 5.41 Å². The molecule has 0 unspecified atom stereocenters. The van der Waals surface area contributed by atoms with Crippen molar-refractivity contribution in [3.8, 4) is 11.5 Å². The van der Waals surface area contributed by atoms with E-state index >= 15 is 0 Å². The highest BCUT2D eigenvalue weighted by Gasteiger charge is 2.40. The second-order valence-corrected chi connectivity index (χ2v) is 7.12. The first-order valence-electron chi connectivity index (χ1n) is 8.62. The monoisotopic (exact) mass is 348 g/mol. The summed E-state index contributed by atoms with van der Waals surface area (Å²) in [7, 11) is 3.09. The van der Waals surface area contributed by atoms with Gasteiger partial charge >= 0.3 is 0 Å². The third-order valence-electron chi connectivity index (χ3n) is 4.81. The molecule has 6 heteroatoms. The maximum atomic E-state index is 12.8. The van der Waals surface area contributed by atoms with Crippen molar-refractivity contribution in [3.05, 3.63) is 18.2 Å². The summed E-state index contributed by atoms with van der Waals surface area (Å²) < 4.78 is 10.4. The number of carbonyl (C=O) groups excluding carboxylic acids is 2. The van der Waals surface area contributed by atoms with E-state index in [1.54, 1.807) is 44.1 Å². The van der Waals surface area contributed by atoms with Crippen molar-refractivity contribution in [1.82, 2.24) is 4.90 Å². The molecule has 0 saturated carbocycles. The van der Waals surface area contributed by atoms with Gasteiger partial charge in [0.05, 0.1) is 14.2 Å². The van der Waals surface area contributed by atoms with Gasteiger partial charge in [0, 0.05) is 24.8 Å². The van der Waals surface area contributed by atoms with Crippen LogP contribution in [0, 0.1) is 11.3 Å². The van der Waals surface area contributed by atoms with Crippen molar-refractivity contribution >= 4 is 17.5 Å². The number of benzene rings is 1. The molecule has 0 aliphatic carbocycles. The van der Waals surface area contributed by atoms with Gasteiger partial charge in [0.15, 0.2) is 11.5 Å². The number of carbonyl (C=O) groups is 2. The summed E-state index contributed by atoms with van der Waals surface area (Å²) >= 11 is 0. The minimum absolute atomic E-state index is 0.127. The molecule has 1 fully saturated rings. The van der Waals surface area contributed by atoms with Gasteiger partial charge in [0.1, 0.15) is 5.41 Å². The Morgan fingerprint density at radius 2 is 1.72 bits per heavy atom. The SMILES string of the molecule is COc1ccc(NC(=O)C(C)(C)C(=O)N2CCC(C)CC2)cc1OC. The van der Waals surface area contributed by atoms with Crippen molar-refractivity contribution in [2.24, 2.45) is 11.3 Å². The summed E-state index contributed by atoms with van der Waals surface area (Å²) in [6, 6.07) is 5.12. The molecule has 138 valence electrons. The minimum atomic E-state index is -1.13. The molecule has 0 atom stereocenters. The smallest absolute Gasteiger partial charge is 0.239 e. The van der Waals surface area contributed by atoms with Crippen LogP contribution in [-0.2, 0) is 9.59 Å². The number of rotatable bonds is 5. The lowest BCUT2D eigenvalue weighted by Gasteiger charge is -2.35. The molecule has 0 radical (unpaired) electrons.